The molecule has 1 N–H and O–H groups in total. The summed E-state index contributed by atoms with van der Waals surface area (Å²) in [5, 5.41) is 2.47. The third kappa shape index (κ3) is 4.17. The van der Waals surface area contributed by atoms with E-state index in [4.69, 9.17) is 35.9 Å². The average Bonchev–Trinajstić information content (AvgIpc) is 2.81. The third-order valence-corrected chi connectivity index (χ3v) is 5.05. The van der Waals surface area contributed by atoms with E-state index < -0.39 is 11.8 Å². The third-order valence-electron chi connectivity index (χ3n) is 4.77. The molecule has 0 atom stereocenters. The molecule has 0 unspecified atom stereocenters. The molecule has 1 aliphatic heterocycles. The molecule has 0 aliphatic carbocycles. The van der Waals surface area contributed by atoms with Crippen LogP contribution in [0.4, 0.5) is 5.69 Å². The Morgan fingerprint density at radius 3 is 2.03 bits per heavy atom. The van der Waals surface area contributed by atoms with Crippen molar-refractivity contribution < 1.29 is 33.3 Å². The molecule has 1 saturated heterocycles. The molecule has 168 valence electrons. The average molecular weight is 458 g/mol. The maximum Gasteiger partial charge on any atom is 0.270 e. The molecule has 2 aromatic rings. The topological polar surface area (TPSA) is 95.6 Å². The van der Waals surface area contributed by atoms with Gasteiger partial charge in [-0.3, -0.25) is 14.9 Å². The molecule has 0 radical (unpaired) electrons. The van der Waals surface area contributed by atoms with Gasteiger partial charge >= 0.3 is 0 Å². The molecule has 1 heterocycles. The van der Waals surface area contributed by atoms with Crippen LogP contribution in [0, 0.1) is 0 Å². The summed E-state index contributed by atoms with van der Waals surface area (Å²) >= 11 is 5.27. The monoisotopic (exact) mass is 458 g/mol. The highest BCUT2D eigenvalue weighted by molar-refractivity contribution is 7.80. The van der Waals surface area contributed by atoms with Gasteiger partial charge in [0.2, 0.25) is 0 Å². The molecule has 1 fully saturated rings. The zero-order valence-corrected chi connectivity index (χ0v) is 19.0. The van der Waals surface area contributed by atoms with Crippen LogP contribution in [0.5, 0.6) is 28.7 Å². The molecule has 10 heteroatoms. The molecular weight excluding hydrogens is 436 g/mol. The van der Waals surface area contributed by atoms with Crippen LogP contribution in [0.15, 0.2) is 35.9 Å². The SMILES string of the molecule is COc1ccc(N2C(=O)/C(=C/c3cc(OC)c(OC)cc3OC)C(=O)NC2=S)c(OC)c1. The number of carbonyl (C=O) groups excluding carboxylic acids is 2. The van der Waals surface area contributed by atoms with Gasteiger partial charge in [-0.15, -0.1) is 0 Å². The van der Waals surface area contributed by atoms with Gasteiger partial charge in [0.25, 0.3) is 11.8 Å². The van der Waals surface area contributed by atoms with Gasteiger partial charge in [-0.1, -0.05) is 0 Å². The van der Waals surface area contributed by atoms with Crippen LogP contribution >= 0.6 is 12.2 Å². The van der Waals surface area contributed by atoms with Gasteiger partial charge in [0.15, 0.2) is 16.6 Å². The van der Waals surface area contributed by atoms with Crippen LogP contribution in [-0.4, -0.2) is 52.5 Å². The first-order valence-corrected chi connectivity index (χ1v) is 9.72. The van der Waals surface area contributed by atoms with E-state index in [0.717, 1.165) is 0 Å². The van der Waals surface area contributed by atoms with Crippen molar-refractivity contribution in [1.29, 1.82) is 0 Å². The number of hydrogen-bond acceptors (Lipinski definition) is 8. The summed E-state index contributed by atoms with van der Waals surface area (Å²) in [6.07, 6.45) is 1.41. The first-order chi connectivity index (χ1) is 15.4. The molecule has 2 amide bonds. The number of amides is 2. The molecule has 9 nitrogen and oxygen atoms in total. The lowest BCUT2D eigenvalue weighted by Gasteiger charge is -2.30. The minimum Gasteiger partial charge on any atom is -0.497 e. The van der Waals surface area contributed by atoms with Crippen LogP contribution in [0.2, 0.25) is 0 Å². The summed E-state index contributed by atoms with van der Waals surface area (Å²) in [5.74, 6) is 0.858. The molecule has 2 aromatic carbocycles. The number of thiocarbonyl (C=S) groups is 1. The van der Waals surface area contributed by atoms with Gasteiger partial charge in [-0.2, -0.15) is 0 Å². The Hall–Kier alpha value is -3.79. The first-order valence-electron chi connectivity index (χ1n) is 9.32. The van der Waals surface area contributed by atoms with Gasteiger partial charge in [0.05, 0.1) is 41.2 Å². The molecule has 32 heavy (non-hydrogen) atoms. The minimum atomic E-state index is -0.638. The zero-order valence-electron chi connectivity index (χ0n) is 18.2. The lowest BCUT2D eigenvalue weighted by molar-refractivity contribution is -0.122. The van der Waals surface area contributed by atoms with Crippen molar-refractivity contribution in [2.24, 2.45) is 0 Å². The highest BCUT2D eigenvalue weighted by atomic mass is 32.1. The van der Waals surface area contributed by atoms with Crippen LogP contribution in [-0.2, 0) is 9.59 Å². The second kappa shape index (κ2) is 9.56. The summed E-state index contributed by atoms with van der Waals surface area (Å²) in [6, 6.07) is 8.10. The van der Waals surface area contributed by atoms with Crippen molar-refractivity contribution in [3.8, 4) is 28.7 Å². The number of anilines is 1. The van der Waals surface area contributed by atoms with Crippen molar-refractivity contribution in [2.45, 2.75) is 0 Å². The summed E-state index contributed by atoms with van der Waals surface area (Å²) in [4.78, 5) is 27.2. The normalized spacial score (nSPS) is 14.8. The molecule has 0 aromatic heterocycles. The minimum absolute atomic E-state index is 0.0695. The van der Waals surface area contributed by atoms with Crippen molar-refractivity contribution in [1.82, 2.24) is 5.32 Å². The number of ether oxygens (including phenoxy) is 5. The van der Waals surface area contributed by atoms with Crippen molar-refractivity contribution in [2.75, 3.05) is 40.4 Å². The summed E-state index contributed by atoms with van der Waals surface area (Å²) < 4.78 is 26.6. The van der Waals surface area contributed by atoms with E-state index in [9.17, 15) is 9.59 Å². The largest absolute Gasteiger partial charge is 0.497 e. The number of methoxy groups -OCH3 is 5. The van der Waals surface area contributed by atoms with E-state index in [1.54, 1.807) is 30.3 Å². The van der Waals surface area contributed by atoms with Crippen molar-refractivity contribution in [3.63, 3.8) is 0 Å². The number of nitrogens with zero attached hydrogens (tertiary/aromatic N) is 1. The smallest absolute Gasteiger partial charge is 0.270 e. The number of benzene rings is 2. The van der Waals surface area contributed by atoms with Crippen molar-refractivity contribution in [3.05, 3.63) is 41.5 Å². The highest BCUT2D eigenvalue weighted by Crippen LogP contribution is 2.37. The molecule has 0 bridgehead atoms. The van der Waals surface area contributed by atoms with E-state index in [0.29, 0.717) is 40.0 Å². The van der Waals surface area contributed by atoms with Gasteiger partial charge in [0.1, 0.15) is 22.8 Å². The Morgan fingerprint density at radius 2 is 1.44 bits per heavy atom. The quantitative estimate of drug-likeness (QED) is 0.384. The predicted molar refractivity (Wildman–Crippen MR) is 122 cm³/mol. The Kier molecular flexibility index (Phi) is 6.84. The van der Waals surface area contributed by atoms with Crippen LogP contribution in [0.25, 0.3) is 6.08 Å². The maximum atomic E-state index is 13.4. The predicted octanol–water partition coefficient (Wildman–Crippen LogP) is 2.56. The van der Waals surface area contributed by atoms with Crippen LogP contribution in [0.1, 0.15) is 5.56 Å². The van der Waals surface area contributed by atoms with Gasteiger partial charge in [0, 0.05) is 17.7 Å². The lowest BCUT2D eigenvalue weighted by Crippen LogP contribution is -2.54. The van der Waals surface area contributed by atoms with Crippen LogP contribution < -0.4 is 33.9 Å². The Bertz CT molecular complexity index is 1110. The standard InChI is InChI=1S/C22H22N2O7S/c1-27-13-6-7-15(17(10-13)29-3)24-21(26)14(20(25)23-22(24)32)8-12-9-18(30-4)19(31-5)11-16(12)28-2/h6-11H,1-5H3,(H,23,25,32)/b14-8+. The van der Waals surface area contributed by atoms with Gasteiger partial charge in [-0.05, 0) is 36.5 Å². The highest BCUT2D eigenvalue weighted by Gasteiger charge is 2.36. The fraction of sp³-hybridized carbons (Fsp3) is 0.227. The second-order valence-electron chi connectivity index (χ2n) is 6.44. The van der Waals surface area contributed by atoms with Gasteiger partial charge < -0.3 is 23.7 Å². The Morgan fingerprint density at radius 1 is 0.812 bits per heavy atom. The van der Waals surface area contributed by atoms with E-state index >= 15 is 0 Å². The molecule has 0 spiro atoms. The fourth-order valence-electron chi connectivity index (χ4n) is 3.17. The van der Waals surface area contributed by atoms with E-state index in [1.165, 1.54) is 46.5 Å². The lowest BCUT2D eigenvalue weighted by atomic mass is 10.1. The van der Waals surface area contributed by atoms with E-state index in [2.05, 4.69) is 5.32 Å². The second-order valence-corrected chi connectivity index (χ2v) is 6.83. The maximum absolute atomic E-state index is 13.4. The number of nitrogens with one attached hydrogen (secondary N) is 1. The number of rotatable bonds is 7. The summed E-state index contributed by atoms with van der Waals surface area (Å²) in [7, 11) is 7.42. The number of carbonyl (C=O) groups is 2. The first kappa shape index (κ1) is 22.9. The van der Waals surface area contributed by atoms with Crippen molar-refractivity contribution >= 4 is 40.9 Å². The Labute approximate surface area is 190 Å². The summed E-state index contributed by atoms with van der Waals surface area (Å²) in [6.45, 7) is 0. The molecule has 0 saturated carbocycles. The van der Waals surface area contributed by atoms with Crippen LogP contribution in [0.3, 0.4) is 0 Å². The molecular formula is C22H22N2O7S. The molecule has 1 aliphatic rings. The zero-order chi connectivity index (χ0) is 23.4. The Balaban J connectivity index is 2.11. The number of hydrogen-bond donors (Lipinski definition) is 1. The fourth-order valence-corrected chi connectivity index (χ4v) is 3.44. The van der Waals surface area contributed by atoms with Gasteiger partial charge in [-0.25, -0.2) is 4.90 Å². The van der Waals surface area contributed by atoms with E-state index in [-0.39, 0.29) is 10.7 Å². The summed E-state index contributed by atoms with van der Waals surface area (Å²) in [5.41, 5.74) is 0.647. The molecule has 3 rings (SSSR count). The van der Waals surface area contributed by atoms with E-state index in [1.807, 2.05) is 0 Å².